The first-order chi connectivity index (χ1) is 6.68. The molecule has 2 N–H and O–H groups in total. The topological polar surface area (TPSA) is 56.7 Å². The SMILES string of the molecule is Cn1cnnc1C(N)c1csc(I)c1. The molecule has 6 heteroatoms. The van der Waals surface area contributed by atoms with Gasteiger partial charge in [-0.1, -0.05) is 0 Å². The van der Waals surface area contributed by atoms with E-state index >= 15 is 0 Å². The zero-order valence-electron chi connectivity index (χ0n) is 7.51. The minimum Gasteiger partial charge on any atom is -0.319 e. The smallest absolute Gasteiger partial charge is 0.154 e. The van der Waals surface area contributed by atoms with E-state index < -0.39 is 0 Å². The van der Waals surface area contributed by atoms with E-state index in [0.29, 0.717) is 0 Å². The van der Waals surface area contributed by atoms with E-state index in [2.05, 4.69) is 44.2 Å². The fourth-order valence-corrected chi connectivity index (χ4v) is 2.62. The Labute approximate surface area is 99.3 Å². The van der Waals surface area contributed by atoms with Crippen molar-refractivity contribution in [1.82, 2.24) is 14.8 Å². The largest absolute Gasteiger partial charge is 0.319 e. The van der Waals surface area contributed by atoms with Crippen molar-refractivity contribution in [1.29, 1.82) is 0 Å². The summed E-state index contributed by atoms with van der Waals surface area (Å²) in [5.41, 5.74) is 7.15. The summed E-state index contributed by atoms with van der Waals surface area (Å²) >= 11 is 3.97. The molecule has 0 bridgehead atoms. The molecule has 0 spiro atoms. The van der Waals surface area contributed by atoms with Crippen molar-refractivity contribution in [2.45, 2.75) is 6.04 Å². The van der Waals surface area contributed by atoms with Gasteiger partial charge < -0.3 is 10.3 Å². The molecule has 0 radical (unpaired) electrons. The van der Waals surface area contributed by atoms with Gasteiger partial charge in [0, 0.05) is 7.05 Å². The summed E-state index contributed by atoms with van der Waals surface area (Å²) in [6.07, 6.45) is 1.66. The van der Waals surface area contributed by atoms with Crippen molar-refractivity contribution in [2.75, 3.05) is 0 Å². The summed E-state index contributed by atoms with van der Waals surface area (Å²) in [6, 6.07) is 1.90. The fourth-order valence-electron chi connectivity index (χ4n) is 1.21. The van der Waals surface area contributed by atoms with E-state index in [4.69, 9.17) is 5.73 Å². The second-order valence-corrected chi connectivity index (χ2v) is 5.77. The van der Waals surface area contributed by atoms with Crippen molar-refractivity contribution >= 4 is 33.9 Å². The highest BCUT2D eigenvalue weighted by atomic mass is 127. The highest BCUT2D eigenvalue weighted by Crippen LogP contribution is 2.24. The number of hydrogen-bond donors (Lipinski definition) is 1. The molecule has 0 aliphatic rings. The Morgan fingerprint density at radius 2 is 2.43 bits per heavy atom. The molecular weight excluding hydrogens is 311 g/mol. The van der Waals surface area contributed by atoms with Crippen LogP contribution in [0.1, 0.15) is 17.4 Å². The Bertz CT molecular complexity index is 436. The van der Waals surface area contributed by atoms with Crippen LogP contribution in [-0.4, -0.2) is 14.8 Å². The average molecular weight is 320 g/mol. The fraction of sp³-hybridized carbons (Fsp3) is 0.250. The minimum absolute atomic E-state index is 0.178. The lowest BCUT2D eigenvalue weighted by molar-refractivity contribution is 0.716. The summed E-state index contributed by atoms with van der Waals surface area (Å²) in [7, 11) is 1.90. The van der Waals surface area contributed by atoms with Gasteiger partial charge in [-0.15, -0.1) is 21.5 Å². The summed E-state index contributed by atoms with van der Waals surface area (Å²) < 4.78 is 3.07. The number of aryl methyl sites for hydroxylation is 1. The maximum absolute atomic E-state index is 6.05. The van der Waals surface area contributed by atoms with Crippen LogP contribution < -0.4 is 5.73 Å². The van der Waals surface area contributed by atoms with Crippen LogP contribution in [-0.2, 0) is 7.05 Å². The molecule has 1 unspecified atom stereocenters. The van der Waals surface area contributed by atoms with Gasteiger partial charge in [0.1, 0.15) is 6.33 Å². The van der Waals surface area contributed by atoms with Gasteiger partial charge in [0.15, 0.2) is 5.82 Å². The van der Waals surface area contributed by atoms with Crippen LogP contribution in [0.2, 0.25) is 0 Å². The van der Waals surface area contributed by atoms with E-state index in [-0.39, 0.29) is 6.04 Å². The molecule has 0 aliphatic carbocycles. The summed E-state index contributed by atoms with van der Waals surface area (Å²) in [5.74, 6) is 0.791. The van der Waals surface area contributed by atoms with Crippen LogP contribution in [0, 0.1) is 2.88 Å². The third kappa shape index (κ3) is 1.82. The van der Waals surface area contributed by atoms with Crippen molar-refractivity contribution in [3.05, 3.63) is 32.0 Å². The van der Waals surface area contributed by atoms with Gasteiger partial charge in [-0.25, -0.2) is 0 Å². The van der Waals surface area contributed by atoms with Crippen LogP contribution >= 0.6 is 33.9 Å². The number of aromatic nitrogens is 3. The van der Waals surface area contributed by atoms with Crippen LogP contribution in [0.5, 0.6) is 0 Å². The molecule has 0 aliphatic heterocycles. The van der Waals surface area contributed by atoms with Gasteiger partial charge in [0.2, 0.25) is 0 Å². The number of hydrogen-bond acceptors (Lipinski definition) is 4. The number of nitrogens with two attached hydrogens (primary N) is 1. The van der Waals surface area contributed by atoms with Crippen LogP contribution in [0.4, 0.5) is 0 Å². The van der Waals surface area contributed by atoms with Crippen LogP contribution in [0.15, 0.2) is 17.8 Å². The zero-order chi connectivity index (χ0) is 10.1. The molecule has 2 aromatic rings. The van der Waals surface area contributed by atoms with Crippen molar-refractivity contribution in [3.8, 4) is 0 Å². The van der Waals surface area contributed by atoms with Gasteiger partial charge in [0.05, 0.1) is 8.93 Å². The number of thiophene rings is 1. The number of rotatable bonds is 2. The summed E-state index contributed by atoms with van der Waals surface area (Å²) in [4.78, 5) is 0. The van der Waals surface area contributed by atoms with E-state index in [1.165, 1.54) is 2.88 Å². The predicted octanol–water partition coefficient (Wildman–Crippen LogP) is 1.53. The maximum atomic E-state index is 6.05. The van der Waals surface area contributed by atoms with E-state index in [0.717, 1.165) is 11.4 Å². The second-order valence-electron chi connectivity index (χ2n) is 2.96. The summed E-state index contributed by atoms with van der Waals surface area (Å²) in [5, 5.41) is 9.86. The molecule has 4 nitrogen and oxygen atoms in total. The molecule has 2 rings (SSSR count). The standard InChI is InChI=1S/C8H9IN4S/c1-13-4-11-12-8(13)7(10)5-2-6(9)14-3-5/h2-4,7H,10H2,1H3. The van der Waals surface area contributed by atoms with Gasteiger partial charge in [-0.2, -0.15) is 0 Å². The lowest BCUT2D eigenvalue weighted by Gasteiger charge is -2.07. The van der Waals surface area contributed by atoms with Crippen LogP contribution in [0.25, 0.3) is 0 Å². The first kappa shape index (κ1) is 10.1. The van der Waals surface area contributed by atoms with Gasteiger partial charge in [-0.05, 0) is 39.6 Å². The van der Waals surface area contributed by atoms with E-state index in [9.17, 15) is 0 Å². The minimum atomic E-state index is -0.178. The number of nitrogens with zero attached hydrogens (tertiary/aromatic N) is 3. The van der Waals surface area contributed by atoms with E-state index in [1.54, 1.807) is 17.7 Å². The van der Waals surface area contributed by atoms with Crippen molar-refractivity contribution in [3.63, 3.8) is 0 Å². The number of halogens is 1. The van der Waals surface area contributed by atoms with E-state index in [1.807, 2.05) is 11.6 Å². The Morgan fingerprint density at radius 1 is 1.64 bits per heavy atom. The molecule has 0 fully saturated rings. The lowest BCUT2D eigenvalue weighted by atomic mass is 10.1. The molecule has 74 valence electrons. The summed E-state index contributed by atoms with van der Waals surface area (Å²) in [6.45, 7) is 0. The molecule has 0 aromatic carbocycles. The zero-order valence-corrected chi connectivity index (χ0v) is 10.5. The molecule has 14 heavy (non-hydrogen) atoms. The van der Waals surface area contributed by atoms with Gasteiger partial charge >= 0.3 is 0 Å². The Morgan fingerprint density at radius 3 is 2.93 bits per heavy atom. The first-order valence-corrected chi connectivity index (χ1v) is 5.97. The predicted molar refractivity (Wildman–Crippen MR) is 64.1 cm³/mol. The third-order valence-electron chi connectivity index (χ3n) is 1.97. The molecule has 1 atom stereocenters. The molecule has 0 saturated carbocycles. The quantitative estimate of drug-likeness (QED) is 0.854. The second kappa shape index (κ2) is 3.95. The lowest BCUT2D eigenvalue weighted by Crippen LogP contribution is -2.15. The molecule has 0 amide bonds. The Balaban J connectivity index is 2.33. The monoisotopic (exact) mass is 320 g/mol. The van der Waals surface area contributed by atoms with Crippen molar-refractivity contribution < 1.29 is 0 Å². The molecule has 2 aromatic heterocycles. The van der Waals surface area contributed by atoms with Gasteiger partial charge in [0.25, 0.3) is 0 Å². The molecular formula is C8H9IN4S. The highest BCUT2D eigenvalue weighted by Gasteiger charge is 2.15. The highest BCUT2D eigenvalue weighted by molar-refractivity contribution is 14.1. The Kier molecular flexibility index (Phi) is 2.84. The molecule has 0 saturated heterocycles. The third-order valence-corrected chi connectivity index (χ3v) is 3.78. The first-order valence-electron chi connectivity index (χ1n) is 4.02. The Hall–Kier alpha value is -0.470. The normalized spacial score (nSPS) is 13.1. The molecule has 2 heterocycles. The maximum Gasteiger partial charge on any atom is 0.154 e. The van der Waals surface area contributed by atoms with Crippen LogP contribution in [0.3, 0.4) is 0 Å². The van der Waals surface area contributed by atoms with Crippen molar-refractivity contribution in [2.24, 2.45) is 12.8 Å². The van der Waals surface area contributed by atoms with Gasteiger partial charge in [-0.3, -0.25) is 0 Å². The average Bonchev–Trinajstić information content (AvgIpc) is 2.73.